The van der Waals surface area contributed by atoms with Crippen molar-refractivity contribution in [2.45, 2.75) is 42.6 Å². The van der Waals surface area contributed by atoms with Crippen LogP contribution in [0.2, 0.25) is 5.02 Å². The number of hydrogen-bond acceptors (Lipinski definition) is 7. The van der Waals surface area contributed by atoms with Crippen LogP contribution in [0.1, 0.15) is 47.6 Å². The smallest absolute Gasteiger partial charge is 0.247 e. The van der Waals surface area contributed by atoms with Crippen molar-refractivity contribution in [2.75, 3.05) is 0 Å². The van der Waals surface area contributed by atoms with Crippen LogP contribution < -0.4 is 0 Å². The van der Waals surface area contributed by atoms with Gasteiger partial charge >= 0.3 is 0 Å². The molecule has 1 aliphatic carbocycles. The summed E-state index contributed by atoms with van der Waals surface area (Å²) in [6.45, 7) is 2.05. The Labute approximate surface area is 181 Å². The fraction of sp³-hybridized carbons (Fsp3) is 0.300. The number of thioether (sulfide) groups is 1. The molecule has 148 valence electrons. The predicted octanol–water partition coefficient (Wildman–Crippen LogP) is 5.82. The normalized spacial score (nSPS) is 15.0. The molecule has 0 unspecified atom stereocenters. The zero-order valence-electron chi connectivity index (χ0n) is 15.7. The van der Waals surface area contributed by atoms with Crippen LogP contribution in [0.5, 0.6) is 0 Å². The van der Waals surface area contributed by atoms with Gasteiger partial charge in [-0.2, -0.15) is 0 Å². The molecule has 0 aliphatic heterocycles. The van der Waals surface area contributed by atoms with Crippen molar-refractivity contribution in [3.8, 4) is 11.5 Å². The Morgan fingerprint density at radius 2 is 2.10 bits per heavy atom. The topological polar surface area (TPSA) is 69.6 Å². The van der Waals surface area contributed by atoms with Crippen molar-refractivity contribution in [3.05, 3.63) is 63.4 Å². The molecule has 9 heteroatoms. The highest BCUT2D eigenvalue weighted by Crippen LogP contribution is 2.42. The van der Waals surface area contributed by atoms with Crippen LogP contribution >= 0.6 is 34.7 Å². The van der Waals surface area contributed by atoms with E-state index in [-0.39, 0.29) is 5.25 Å². The minimum Gasteiger partial charge on any atom is -0.419 e. The van der Waals surface area contributed by atoms with Crippen LogP contribution in [0.25, 0.3) is 11.5 Å². The summed E-state index contributed by atoms with van der Waals surface area (Å²) in [7, 11) is 0. The maximum Gasteiger partial charge on any atom is 0.247 e. The molecule has 3 aromatic heterocycles. The van der Waals surface area contributed by atoms with Gasteiger partial charge in [0.1, 0.15) is 5.82 Å². The molecule has 0 spiro atoms. The summed E-state index contributed by atoms with van der Waals surface area (Å²) < 4.78 is 8.20. The van der Waals surface area contributed by atoms with E-state index in [1.54, 1.807) is 23.1 Å². The van der Waals surface area contributed by atoms with Gasteiger partial charge in [0.05, 0.1) is 5.25 Å². The molecule has 0 N–H and O–H groups in total. The van der Waals surface area contributed by atoms with Gasteiger partial charge in [-0.3, -0.25) is 0 Å². The monoisotopic (exact) mass is 443 g/mol. The molecule has 6 nitrogen and oxygen atoms in total. The van der Waals surface area contributed by atoms with E-state index in [2.05, 4.69) is 42.5 Å². The second kappa shape index (κ2) is 7.93. The lowest BCUT2D eigenvalue weighted by molar-refractivity contribution is 0.508. The lowest BCUT2D eigenvalue weighted by Crippen LogP contribution is -2.04. The highest BCUT2D eigenvalue weighted by atomic mass is 35.5. The first-order valence-corrected chi connectivity index (χ1v) is 11.5. The summed E-state index contributed by atoms with van der Waals surface area (Å²) in [6.07, 6.45) is 3.17. The van der Waals surface area contributed by atoms with Crippen LogP contribution in [0.4, 0.5) is 0 Å². The van der Waals surface area contributed by atoms with E-state index >= 15 is 0 Å². The summed E-state index contributed by atoms with van der Waals surface area (Å²) >= 11 is 9.42. The van der Waals surface area contributed by atoms with Crippen LogP contribution in [0.15, 0.2) is 51.4 Å². The van der Waals surface area contributed by atoms with Gasteiger partial charge in [-0.1, -0.05) is 35.5 Å². The minimum absolute atomic E-state index is 0.0354. The summed E-state index contributed by atoms with van der Waals surface area (Å²) in [5, 5.41) is 21.0. The molecule has 1 fully saturated rings. The first kappa shape index (κ1) is 18.8. The number of benzene rings is 1. The van der Waals surface area contributed by atoms with Crippen molar-refractivity contribution in [1.29, 1.82) is 0 Å². The molecule has 1 saturated carbocycles. The molecule has 1 atom stereocenters. The maximum absolute atomic E-state index is 6.07. The number of rotatable bonds is 7. The number of halogens is 1. The van der Waals surface area contributed by atoms with Crippen LogP contribution in [-0.4, -0.2) is 25.0 Å². The summed E-state index contributed by atoms with van der Waals surface area (Å²) in [6, 6.07) is 12.1. The highest BCUT2D eigenvalue weighted by Gasteiger charge is 2.31. The van der Waals surface area contributed by atoms with Crippen molar-refractivity contribution >= 4 is 34.7 Å². The van der Waals surface area contributed by atoms with Crippen LogP contribution in [0.3, 0.4) is 0 Å². The Bertz CT molecular complexity index is 1120. The minimum atomic E-state index is -0.0354. The zero-order valence-corrected chi connectivity index (χ0v) is 18.0. The highest BCUT2D eigenvalue weighted by molar-refractivity contribution is 7.99. The molecule has 29 heavy (non-hydrogen) atoms. The third-order valence-electron chi connectivity index (χ3n) is 4.70. The summed E-state index contributed by atoms with van der Waals surface area (Å²) in [5.74, 6) is 2.06. The van der Waals surface area contributed by atoms with Gasteiger partial charge < -0.3 is 8.98 Å². The molecule has 1 aliphatic rings. The maximum atomic E-state index is 6.07. The van der Waals surface area contributed by atoms with Gasteiger partial charge in [0.2, 0.25) is 11.8 Å². The summed E-state index contributed by atoms with van der Waals surface area (Å²) in [4.78, 5) is 1.30. The van der Waals surface area contributed by atoms with Gasteiger partial charge in [-0.05, 0) is 49.4 Å². The summed E-state index contributed by atoms with van der Waals surface area (Å²) in [5.41, 5.74) is 0.813. The van der Waals surface area contributed by atoms with Gasteiger partial charge in [0.15, 0.2) is 5.16 Å². The molecule has 0 amide bonds. The quantitative estimate of drug-likeness (QED) is 0.335. The Balaban J connectivity index is 1.36. The standard InChI is InChI=1S/C20H18ClN5OS2/c1-12(18-23-24-19(27-18)13-4-2-5-14(21)10-13)29-20-25-22-17(26(20)15-7-8-15)11-16-6-3-9-28-16/h2-6,9-10,12,15H,7-8,11H2,1H3/t12-/m0/s1. The van der Waals surface area contributed by atoms with Crippen molar-refractivity contribution in [3.63, 3.8) is 0 Å². The van der Waals surface area contributed by atoms with E-state index in [1.165, 1.54) is 17.7 Å². The SMILES string of the molecule is C[C@H](Sc1nnc(Cc2cccs2)n1C1CC1)c1nnc(-c2cccc(Cl)c2)o1. The Morgan fingerprint density at radius 1 is 1.21 bits per heavy atom. The number of aromatic nitrogens is 5. The molecule has 0 radical (unpaired) electrons. The first-order valence-electron chi connectivity index (χ1n) is 9.39. The molecular formula is C20H18ClN5OS2. The van der Waals surface area contributed by atoms with E-state index in [9.17, 15) is 0 Å². The van der Waals surface area contributed by atoms with Crippen molar-refractivity contribution < 1.29 is 4.42 Å². The van der Waals surface area contributed by atoms with Gasteiger partial charge in [-0.25, -0.2) is 0 Å². The predicted molar refractivity (Wildman–Crippen MR) is 114 cm³/mol. The lowest BCUT2D eigenvalue weighted by atomic mass is 10.2. The number of nitrogens with zero attached hydrogens (tertiary/aromatic N) is 5. The fourth-order valence-corrected chi connectivity index (χ4v) is 4.98. The largest absolute Gasteiger partial charge is 0.419 e. The first-order chi connectivity index (χ1) is 14.2. The molecule has 0 saturated heterocycles. The van der Waals surface area contributed by atoms with Crippen molar-refractivity contribution in [2.24, 2.45) is 0 Å². The van der Waals surface area contributed by atoms with E-state index in [0.29, 0.717) is 22.8 Å². The molecule has 4 aromatic rings. The second-order valence-electron chi connectivity index (χ2n) is 6.97. The van der Waals surface area contributed by atoms with Gasteiger partial charge in [-0.15, -0.1) is 31.7 Å². The third kappa shape index (κ3) is 4.10. The number of hydrogen-bond donors (Lipinski definition) is 0. The molecule has 3 heterocycles. The zero-order chi connectivity index (χ0) is 19.8. The molecule has 5 rings (SSSR count). The molecular weight excluding hydrogens is 426 g/mol. The van der Waals surface area contributed by atoms with E-state index in [4.69, 9.17) is 16.0 Å². The van der Waals surface area contributed by atoms with Crippen LogP contribution in [0, 0.1) is 0 Å². The Morgan fingerprint density at radius 3 is 2.86 bits per heavy atom. The fourth-order valence-electron chi connectivity index (χ4n) is 3.12. The second-order valence-corrected chi connectivity index (χ2v) is 9.75. The van der Waals surface area contributed by atoms with E-state index in [0.717, 1.165) is 23.0 Å². The Kier molecular flexibility index (Phi) is 5.15. The lowest BCUT2D eigenvalue weighted by Gasteiger charge is -2.10. The van der Waals surface area contributed by atoms with Crippen LogP contribution in [-0.2, 0) is 6.42 Å². The molecule has 1 aromatic carbocycles. The molecule has 0 bridgehead atoms. The van der Waals surface area contributed by atoms with Gasteiger partial charge in [0.25, 0.3) is 0 Å². The third-order valence-corrected chi connectivity index (χ3v) is 6.86. The average Bonchev–Trinajstić information content (AvgIpc) is 3.13. The average molecular weight is 444 g/mol. The Hall–Kier alpha value is -2.16. The van der Waals surface area contributed by atoms with Crippen molar-refractivity contribution in [1.82, 2.24) is 25.0 Å². The van der Waals surface area contributed by atoms with E-state index < -0.39 is 0 Å². The van der Waals surface area contributed by atoms with Gasteiger partial charge in [0, 0.05) is 27.9 Å². The van der Waals surface area contributed by atoms with E-state index in [1.807, 2.05) is 31.2 Å². The number of thiophene rings is 1.